The molecule has 0 bridgehead atoms. The summed E-state index contributed by atoms with van der Waals surface area (Å²) < 4.78 is 5.72. The van der Waals surface area contributed by atoms with Crippen molar-refractivity contribution in [3.63, 3.8) is 0 Å². The van der Waals surface area contributed by atoms with E-state index in [1.165, 1.54) is 0 Å². The monoisotopic (exact) mass is 492 g/mol. The van der Waals surface area contributed by atoms with E-state index in [0.29, 0.717) is 25.7 Å². The van der Waals surface area contributed by atoms with Crippen LogP contribution in [0.25, 0.3) is 0 Å². The van der Waals surface area contributed by atoms with Gasteiger partial charge in [0.2, 0.25) is 11.8 Å². The summed E-state index contributed by atoms with van der Waals surface area (Å²) in [6.45, 7) is 1.58. The number of aliphatic hydroxyl groups excluding tert-OH is 1. The summed E-state index contributed by atoms with van der Waals surface area (Å²) in [4.78, 5) is 38.7. The average molecular weight is 493 g/mol. The first-order valence-electron chi connectivity index (χ1n) is 12.5. The minimum atomic E-state index is -0.576. The lowest BCUT2D eigenvalue weighted by Crippen LogP contribution is -2.45. The van der Waals surface area contributed by atoms with Crippen LogP contribution in [0.1, 0.15) is 37.3 Å². The van der Waals surface area contributed by atoms with Gasteiger partial charge in [-0.05, 0) is 43.7 Å². The van der Waals surface area contributed by atoms with Crippen molar-refractivity contribution in [1.29, 1.82) is 0 Å². The Balaban J connectivity index is 1.79. The number of aliphatic hydroxyl groups is 1. The molecule has 1 aliphatic rings. The predicted molar refractivity (Wildman–Crippen MR) is 138 cm³/mol. The van der Waals surface area contributed by atoms with Crippen LogP contribution in [0.3, 0.4) is 0 Å². The van der Waals surface area contributed by atoms with Gasteiger partial charge >= 0.3 is 5.97 Å². The molecule has 0 radical (unpaired) electrons. The molecule has 3 rings (SSSR count). The first kappa shape index (κ1) is 27.1. The smallest absolute Gasteiger partial charge is 0.309 e. The number of hydrogen-bond acceptors (Lipinski definition) is 5. The Morgan fingerprint density at radius 2 is 1.56 bits per heavy atom. The van der Waals surface area contributed by atoms with Crippen LogP contribution in [0.15, 0.2) is 72.8 Å². The molecule has 7 nitrogen and oxygen atoms in total. The molecular weight excluding hydrogens is 456 g/mol. The molecule has 0 aliphatic carbocycles. The van der Waals surface area contributed by atoms with Gasteiger partial charge in [-0.3, -0.25) is 14.4 Å². The lowest BCUT2D eigenvalue weighted by Gasteiger charge is -2.24. The fraction of sp³-hybridized carbons (Fsp3) is 0.414. The van der Waals surface area contributed by atoms with E-state index in [1.807, 2.05) is 72.8 Å². The highest BCUT2D eigenvalue weighted by atomic mass is 16.5. The summed E-state index contributed by atoms with van der Waals surface area (Å²) in [5, 5.41) is 15.0. The Kier molecular flexibility index (Phi) is 10.7. The summed E-state index contributed by atoms with van der Waals surface area (Å²) in [5.74, 6) is -1.75. The van der Waals surface area contributed by atoms with Crippen LogP contribution in [0.4, 0.5) is 0 Å². The summed E-state index contributed by atoms with van der Waals surface area (Å²) in [5.41, 5.74) is 2.07. The highest BCUT2D eigenvalue weighted by Gasteiger charge is 2.27. The van der Waals surface area contributed by atoms with Crippen molar-refractivity contribution in [3.05, 3.63) is 83.9 Å². The molecule has 0 spiro atoms. The topological polar surface area (TPSA) is 105 Å². The van der Waals surface area contributed by atoms with E-state index in [4.69, 9.17) is 4.74 Å². The van der Waals surface area contributed by atoms with E-state index in [0.717, 1.165) is 11.1 Å². The zero-order valence-corrected chi connectivity index (χ0v) is 20.8. The average Bonchev–Trinajstić information content (AvgIpc) is 2.88. The fourth-order valence-corrected chi connectivity index (χ4v) is 4.24. The standard InChI is InChI=1S/C29H36N2O5/c1-21(19-32)30-27(33)18-24-14-8-9-15-25(16-22-10-4-2-5-11-22)29(35)36-20-26(31-28(24)34)17-23-12-6-3-7-13-23/h2-13,21,24-26,32H,14-20H2,1H3,(H,30,33)(H,31,34)/t21-,24+,25-,26-/m0/s1. The summed E-state index contributed by atoms with van der Waals surface area (Å²) in [6, 6.07) is 18.7. The second kappa shape index (κ2) is 14.2. The first-order chi connectivity index (χ1) is 17.4. The van der Waals surface area contributed by atoms with Crippen molar-refractivity contribution in [3.8, 4) is 0 Å². The minimum absolute atomic E-state index is 0.00576. The van der Waals surface area contributed by atoms with Crippen LogP contribution >= 0.6 is 0 Å². The number of benzene rings is 2. The van der Waals surface area contributed by atoms with Crippen molar-refractivity contribution in [2.75, 3.05) is 13.2 Å². The third-order valence-corrected chi connectivity index (χ3v) is 6.25. The van der Waals surface area contributed by atoms with Crippen LogP contribution in [0.5, 0.6) is 0 Å². The van der Waals surface area contributed by atoms with Crippen molar-refractivity contribution in [2.24, 2.45) is 11.8 Å². The maximum Gasteiger partial charge on any atom is 0.309 e. The zero-order chi connectivity index (χ0) is 25.8. The molecule has 2 aromatic rings. The van der Waals surface area contributed by atoms with Gasteiger partial charge in [0.05, 0.1) is 24.5 Å². The SMILES string of the molecule is C[C@@H](CO)NC(=O)C[C@H]1CC=CC[C@@H](Cc2ccccc2)C(=O)OC[C@H](Cc2ccccc2)NC1=O. The molecule has 36 heavy (non-hydrogen) atoms. The Morgan fingerprint density at radius 1 is 0.972 bits per heavy atom. The van der Waals surface area contributed by atoms with E-state index in [9.17, 15) is 19.5 Å². The quantitative estimate of drug-likeness (QED) is 0.388. The number of allylic oxidation sites excluding steroid dienone is 2. The fourth-order valence-electron chi connectivity index (χ4n) is 4.24. The van der Waals surface area contributed by atoms with Gasteiger partial charge in [-0.25, -0.2) is 0 Å². The van der Waals surface area contributed by atoms with Crippen LogP contribution in [0, 0.1) is 11.8 Å². The normalized spacial score (nSPS) is 21.9. The van der Waals surface area contributed by atoms with E-state index in [1.54, 1.807) is 6.92 Å². The van der Waals surface area contributed by atoms with Gasteiger partial charge in [0.25, 0.3) is 0 Å². The Labute approximate surface area is 212 Å². The molecule has 0 saturated carbocycles. The van der Waals surface area contributed by atoms with Crippen molar-refractivity contribution < 1.29 is 24.2 Å². The Hall–Kier alpha value is -3.45. The van der Waals surface area contributed by atoms with Gasteiger partial charge in [-0.15, -0.1) is 0 Å². The number of rotatable bonds is 8. The number of hydrogen-bond donors (Lipinski definition) is 3. The maximum absolute atomic E-state index is 13.2. The Bertz CT molecular complexity index is 1010. The van der Waals surface area contributed by atoms with Gasteiger partial charge in [0.1, 0.15) is 6.61 Å². The first-order valence-corrected chi connectivity index (χ1v) is 12.5. The molecule has 2 amide bonds. The molecule has 3 N–H and O–H groups in total. The highest BCUT2D eigenvalue weighted by molar-refractivity contribution is 5.86. The number of ether oxygens (including phenoxy) is 1. The Morgan fingerprint density at radius 3 is 2.17 bits per heavy atom. The molecule has 7 heteroatoms. The number of carbonyl (C=O) groups excluding carboxylic acids is 3. The third kappa shape index (κ3) is 8.96. The van der Waals surface area contributed by atoms with Gasteiger partial charge in [-0.1, -0.05) is 72.8 Å². The molecule has 0 aromatic heterocycles. The van der Waals surface area contributed by atoms with E-state index >= 15 is 0 Å². The van der Waals surface area contributed by atoms with Gasteiger partial charge in [0, 0.05) is 12.5 Å². The second-order valence-electron chi connectivity index (χ2n) is 9.41. The largest absolute Gasteiger partial charge is 0.463 e. The van der Waals surface area contributed by atoms with E-state index in [-0.39, 0.29) is 49.4 Å². The van der Waals surface area contributed by atoms with Crippen LogP contribution < -0.4 is 10.6 Å². The molecule has 0 fully saturated rings. The third-order valence-electron chi connectivity index (χ3n) is 6.25. The van der Waals surface area contributed by atoms with Gasteiger partial charge < -0.3 is 20.5 Å². The molecule has 1 heterocycles. The molecule has 4 atom stereocenters. The maximum atomic E-state index is 13.2. The van der Waals surface area contributed by atoms with Crippen LogP contribution in [-0.4, -0.2) is 48.2 Å². The predicted octanol–water partition coefficient (Wildman–Crippen LogP) is 2.97. The van der Waals surface area contributed by atoms with Crippen LogP contribution in [-0.2, 0) is 32.0 Å². The number of carbonyl (C=O) groups is 3. The minimum Gasteiger partial charge on any atom is -0.463 e. The molecule has 0 saturated heterocycles. The number of nitrogens with one attached hydrogen (secondary N) is 2. The summed E-state index contributed by atoms with van der Waals surface area (Å²) >= 11 is 0. The number of cyclic esters (lactones) is 1. The lowest BCUT2D eigenvalue weighted by molar-refractivity contribution is -0.150. The van der Waals surface area contributed by atoms with Crippen molar-refractivity contribution in [1.82, 2.24) is 10.6 Å². The van der Waals surface area contributed by atoms with Crippen LogP contribution in [0.2, 0.25) is 0 Å². The second-order valence-corrected chi connectivity index (χ2v) is 9.41. The summed E-state index contributed by atoms with van der Waals surface area (Å²) in [6.07, 6.45) is 5.69. The van der Waals surface area contributed by atoms with Gasteiger partial charge in [0.15, 0.2) is 0 Å². The van der Waals surface area contributed by atoms with Gasteiger partial charge in [-0.2, -0.15) is 0 Å². The van der Waals surface area contributed by atoms with E-state index in [2.05, 4.69) is 10.6 Å². The number of esters is 1. The molecule has 192 valence electrons. The molecule has 0 unspecified atom stereocenters. The zero-order valence-electron chi connectivity index (χ0n) is 20.8. The highest BCUT2D eigenvalue weighted by Crippen LogP contribution is 2.19. The van der Waals surface area contributed by atoms with E-state index < -0.39 is 12.0 Å². The molecule has 1 aliphatic heterocycles. The number of amides is 2. The summed E-state index contributed by atoms with van der Waals surface area (Å²) in [7, 11) is 0. The lowest BCUT2D eigenvalue weighted by atomic mass is 9.94. The van der Waals surface area contributed by atoms with Crippen molar-refractivity contribution >= 4 is 17.8 Å². The molecular formula is C29H36N2O5. The molecule has 2 aromatic carbocycles. The van der Waals surface area contributed by atoms with Crippen molar-refractivity contribution in [2.45, 2.75) is 51.1 Å².